The van der Waals surface area contributed by atoms with Crippen molar-refractivity contribution in [1.82, 2.24) is 5.32 Å². The number of rotatable bonds is 26. The van der Waals surface area contributed by atoms with E-state index >= 15 is 0 Å². The summed E-state index contributed by atoms with van der Waals surface area (Å²) in [6.45, 7) is 2.03. The second-order valence-electron chi connectivity index (χ2n) is 9.56. The molecule has 0 saturated carbocycles. The molecule has 0 spiro atoms. The smallest absolute Gasteiger partial charge is 0.472 e. The summed E-state index contributed by atoms with van der Waals surface area (Å²) in [5.41, 5.74) is 0. The number of unbranched alkanes of at least 4 members (excludes halogenated alkanes) is 2. The van der Waals surface area contributed by atoms with E-state index in [1.165, 1.54) is 0 Å². The van der Waals surface area contributed by atoms with Crippen LogP contribution < -0.4 is 5.32 Å². The average molecular weight is 628 g/mol. The molecule has 0 bridgehead atoms. The molecule has 244 valence electrons. The summed E-state index contributed by atoms with van der Waals surface area (Å²) in [7, 11) is -4.74. The van der Waals surface area contributed by atoms with E-state index in [1.807, 2.05) is 19.1 Å². The molecular formula is C31H50NO10P. The van der Waals surface area contributed by atoms with E-state index in [4.69, 9.17) is 4.74 Å². The third-order valence-corrected chi connectivity index (χ3v) is 6.52. The summed E-state index contributed by atoms with van der Waals surface area (Å²) in [6.07, 6.45) is 27.2. The second-order valence-corrected chi connectivity index (χ2v) is 11.0. The van der Waals surface area contributed by atoms with Gasteiger partial charge in [0.1, 0.15) is 12.7 Å². The molecule has 0 aliphatic heterocycles. The van der Waals surface area contributed by atoms with Crippen LogP contribution >= 0.6 is 7.82 Å². The third kappa shape index (κ3) is 26.5. The minimum Gasteiger partial charge on any atom is -0.480 e. The van der Waals surface area contributed by atoms with Crippen molar-refractivity contribution in [3.63, 3.8) is 0 Å². The fourth-order valence-electron chi connectivity index (χ4n) is 3.21. The standard InChI is InChI=1S/C31H50NO10P/c1-3-5-7-8-9-10-11-12-13-14-15-16-17-18-19-20-21-23-30(35)40-24-27(33)25-41-43(38,39)42-26-28(31(36)37)32-29(34)22-6-4-2/h5,7,9-10,12-13,15-16,18-19,27-28,33H,3-4,6,8,11,14,17,20-26H2,1-2H3,(H,32,34)(H,36,37)(H,38,39)/b7-5-,10-9-,13-12-,16-15-,19-18-. The van der Waals surface area contributed by atoms with Gasteiger partial charge < -0.3 is 25.2 Å². The van der Waals surface area contributed by atoms with Gasteiger partial charge in [-0.1, -0.05) is 81.0 Å². The van der Waals surface area contributed by atoms with Crippen LogP contribution in [0.15, 0.2) is 60.8 Å². The van der Waals surface area contributed by atoms with Crippen LogP contribution in [-0.2, 0) is 32.7 Å². The highest BCUT2D eigenvalue weighted by Crippen LogP contribution is 2.43. The maximum Gasteiger partial charge on any atom is 0.472 e. The van der Waals surface area contributed by atoms with Crippen molar-refractivity contribution in [3.05, 3.63) is 60.8 Å². The fraction of sp³-hybridized carbons (Fsp3) is 0.581. The summed E-state index contributed by atoms with van der Waals surface area (Å²) in [6, 6.07) is -1.55. The van der Waals surface area contributed by atoms with Gasteiger partial charge in [0.15, 0.2) is 6.04 Å². The summed E-state index contributed by atoms with van der Waals surface area (Å²) >= 11 is 0. The number of allylic oxidation sites excluding steroid dienone is 10. The van der Waals surface area contributed by atoms with Crippen LogP contribution in [0.5, 0.6) is 0 Å². The number of carbonyl (C=O) groups excluding carboxylic acids is 2. The Morgan fingerprint density at radius 2 is 1.30 bits per heavy atom. The minimum atomic E-state index is -4.74. The fourth-order valence-corrected chi connectivity index (χ4v) is 3.98. The van der Waals surface area contributed by atoms with Gasteiger partial charge in [-0.3, -0.25) is 18.6 Å². The highest BCUT2D eigenvalue weighted by atomic mass is 31.2. The number of carbonyl (C=O) groups is 3. The van der Waals surface area contributed by atoms with Crippen molar-refractivity contribution in [3.8, 4) is 0 Å². The van der Waals surface area contributed by atoms with Gasteiger partial charge in [-0.05, 0) is 51.4 Å². The van der Waals surface area contributed by atoms with Gasteiger partial charge >= 0.3 is 19.8 Å². The van der Waals surface area contributed by atoms with Crippen molar-refractivity contribution in [2.45, 2.75) is 96.6 Å². The Morgan fingerprint density at radius 3 is 1.84 bits per heavy atom. The van der Waals surface area contributed by atoms with E-state index in [1.54, 1.807) is 0 Å². The van der Waals surface area contributed by atoms with Crippen LogP contribution in [-0.4, -0.2) is 64.9 Å². The number of ether oxygens (including phenoxy) is 1. The molecule has 0 rings (SSSR count). The number of nitrogens with one attached hydrogen (secondary N) is 1. The first-order valence-corrected chi connectivity index (χ1v) is 16.3. The molecule has 12 heteroatoms. The van der Waals surface area contributed by atoms with Crippen LogP contribution in [0.4, 0.5) is 0 Å². The number of phosphoric ester groups is 1. The molecule has 0 heterocycles. The average Bonchev–Trinajstić information content (AvgIpc) is 2.97. The van der Waals surface area contributed by atoms with Crippen molar-refractivity contribution < 1.29 is 47.8 Å². The van der Waals surface area contributed by atoms with Gasteiger partial charge in [0.05, 0.1) is 13.2 Å². The van der Waals surface area contributed by atoms with E-state index in [0.29, 0.717) is 19.3 Å². The Balaban J connectivity index is 4.02. The molecule has 0 saturated heterocycles. The van der Waals surface area contributed by atoms with E-state index < -0.39 is 57.6 Å². The van der Waals surface area contributed by atoms with E-state index in [-0.39, 0.29) is 12.8 Å². The van der Waals surface area contributed by atoms with E-state index in [9.17, 15) is 34.1 Å². The van der Waals surface area contributed by atoms with Crippen molar-refractivity contribution in [1.29, 1.82) is 0 Å². The predicted molar refractivity (Wildman–Crippen MR) is 166 cm³/mol. The number of phosphoric acid groups is 1. The number of aliphatic hydroxyl groups excluding tert-OH is 1. The van der Waals surface area contributed by atoms with E-state index in [0.717, 1.165) is 38.5 Å². The van der Waals surface area contributed by atoms with Gasteiger partial charge in [-0.15, -0.1) is 0 Å². The lowest BCUT2D eigenvalue weighted by Crippen LogP contribution is -2.43. The van der Waals surface area contributed by atoms with Crippen LogP contribution in [0.3, 0.4) is 0 Å². The van der Waals surface area contributed by atoms with Gasteiger partial charge in [0.2, 0.25) is 5.91 Å². The van der Waals surface area contributed by atoms with Gasteiger partial charge in [0, 0.05) is 12.8 Å². The maximum absolute atomic E-state index is 12.0. The normalized spacial score (nSPS) is 15.1. The Bertz CT molecular complexity index is 974. The lowest BCUT2D eigenvalue weighted by molar-refractivity contribution is -0.147. The lowest BCUT2D eigenvalue weighted by Gasteiger charge is -2.18. The number of carboxylic acids is 1. The zero-order chi connectivity index (χ0) is 32.2. The molecule has 3 atom stereocenters. The maximum atomic E-state index is 12.0. The Hall–Kier alpha value is -2.82. The topological polar surface area (TPSA) is 169 Å². The zero-order valence-electron chi connectivity index (χ0n) is 25.5. The minimum absolute atomic E-state index is 0.113. The molecule has 3 unspecified atom stereocenters. The number of amides is 1. The number of aliphatic hydroxyl groups is 1. The quantitative estimate of drug-likeness (QED) is 0.0404. The third-order valence-electron chi connectivity index (χ3n) is 5.57. The molecule has 0 fully saturated rings. The zero-order valence-corrected chi connectivity index (χ0v) is 26.4. The molecule has 43 heavy (non-hydrogen) atoms. The van der Waals surface area contributed by atoms with Crippen LogP contribution in [0.25, 0.3) is 0 Å². The Labute approximate surface area is 256 Å². The molecule has 0 aliphatic carbocycles. The summed E-state index contributed by atoms with van der Waals surface area (Å²) in [5, 5.41) is 21.3. The molecular weight excluding hydrogens is 577 g/mol. The van der Waals surface area contributed by atoms with Gasteiger partial charge in [-0.2, -0.15) is 0 Å². The summed E-state index contributed by atoms with van der Waals surface area (Å²) < 4.78 is 26.2. The molecule has 0 radical (unpaired) electrons. The first kappa shape index (κ1) is 40.2. The second kappa shape index (κ2) is 26.8. The molecule has 1 amide bonds. The Morgan fingerprint density at radius 1 is 0.767 bits per heavy atom. The monoisotopic (exact) mass is 627 g/mol. The van der Waals surface area contributed by atoms with Crippen molar-refractivity contribution in [2.75, 3.05) is 19.8 Å². The summed E-state index contributed by atoms with van der Waals surface area (Å²) in [4.78, 5) is 44.6. The Kier molecular flexibility index (Phi) is 25.0. The molecule has 0 aromatic carbocycles. The molecule has 4 N–H and O–H groups in total. The van der Waals surface area contributed by atoms with E-state index in [2.05, 4.69) is 69.9 Å². The number of aliphatic carboxylic acids is 1. The largest absolute Gasteiger partial charge is 0.480 e. The highest BCUT2D eigenvalue weighted by molar-refractivity contribution is 7.47. The van der Waals surface area contributed by atoms with Crippen LogP contribution in [0.2, 0.25) is 0 Å². The lowest BCUT2D eigenvalue weighted by atomic mass is 10.2. The van der Waals surface area contributed by atoms with Gasteiger partial charge in [-0.25, -0.2) is 9.36 Å². The molecule has 0 aromatic rings. The van der Waals surface area contributed by atoms with Gasteiger partial charge in [0.25, 0.3) is 0 Å². The summed E-state index contributed by atoms with van der Waals surface area (Å²) in [5.74, 6) is -2.50. The molecule has 0 aliphatic rings. The number of carboxylic acid groups (broad SMARTS) is 1. The first-order valence-electron chi connectivity index (χ1n) is 14.8. The number of hydrogen-bond acceptors (Lipinski definition) is 8. The van der Waals surface area contributed by atoms with Crippen LogP contribution in [0, 0.1) is 0 Å². The molecule has 0 aromatic heterocycles. The highest BCUT2D eigenvalue weighted by Gasteiger charge is 2.28. The SMILES string of the molecule is CC/C=C\C/C=C\C/C=C\C/C=C\C/C=C\CCCC(=O)OCC(O)COP(=O)(O)OCC(NC(=O)CCCC)C(=O)O. The first-order chi connectivity index (χ1) is 20.6. The van der Waals surface area contributed by atoms with Crippen LogP contribution in [0.1, 0.15) is 84.5 Å². The number of esters is 1. The molecule has 11 nitrogen and oxygen atoms in total. The van der Waals surface area contributed by atoms with Crippen molar-refractivity contribution in [2.24, 2.45) is 0 Å². The van der Waals surface area contributed by atoms with Crippen molar-refractivity contribution >= 4 is 25.7 Å². The number of hydrogen-bond donors (Lipinski definition) is 4. The predicted octanol–water partition coefficient (Wildman–Crippen LogP) is 5.71.